The molecule has 1 fully saturated rings. The van der Waals surface area contributed by atoms with Gasteiger partial charge in [0.15, 0.2) is 0 Å². The smallest absolute Gasteiger partial charge is 0.141 e. The van der Waals surface area contributed by atoms with Crippen molar-refractivity contribution < 1.29 is 4.79 Å². The lowest BCUT2D eigenvalue weighted by molar-refractivity contribution is -0.108. The van der Waals surface area contributed by atoms with E-state index < -0.39 is 0 Å². The van der Waals surface area contributed by atoms with Crippen molar-refractivity contribution in [1.82, 2.24) is 5.32 Å². The second kappa shape index (κ2) is 7.99. The zero-order valence-corrected chi connectivity index (χ0v) is 8.97. The van der Waals surface area contributed by atoms with Crippen LogP contribution in [0.1, 0.15) is 40.0 Å². The highest BCUT2D eigenvalue weighted by atomic mass is 16.1. The Hall–Kier alpha value is -0.630. The Labute approximate surface area is 81.4 Å². The van der Waals surface area contributed by atoms with Gasteiger partial charge in [0.25, 0.3) is 0 Å². The molecule has 1 N–H and O–H groups in total. The third-order valence-corrected chi connectivity index (χ3v) is 2.18. The summed E-state index contributed by atoms with van der Waals surface area (Å²) in [7, 11) is 0. The van der Waals surface area contributed by atoms with Crippen molar-refractivity contribution >= 4 is 6.29 Å². The molecular formula is C11H21NO. The van der Waals surface area contributed by atoms with Gasteiger partial charge >= 0.3 is 0 Å². The fourth-order valence-electron chi connectivity index (χ4n) is 1.12. The molecule has 2 heteroatoms. The van der Waals surface area contributed by atoms with Gasteiger partial charge in [0, 0.05) is 0 Å². The number of allylic oxidation sites excluding steroid dienone is 1. The van der Waals surface area contributed by atoms with Crippen LogP contribution in [0.15, 0.2) is 11.6 Å². The van der Waals surface area contributed by atoms with E-state index in [1.165, 1.54) is 18.4 Å². The summed E-state index contributed by atoms with van der Waals surface area (Å²) in [5.41, 5.74) is 1.23. The maximum Gasteiger partial charge on any atom is 0.141 e. The highest BCUT2D eigenvalue weighted by Gasteiger charge is 2.17. The average Bonchev–Trinajstić information content (AvgIpc) is 2.65. The Morgan fingerprint density at radius 1 is 1.46 bits per heavy atom. The lowest BCUT2D eigenvalue weighted by Crippen LogP contribution is -2.23. The Morgan fingerprint density at radius 2 is 2.08 bits per heavy atom. The molecule has 13 heavy (non-hydrogen) atoms. The fourth-order valence-corrected chi connectivity index (χ4v) is 1.12. The van der Waals surface area contributed by atoms with Crippen LogP contribution in [0, 0.1) is 0 Å². The third-order valence-electron chi connectivity index (χ3n) is 2.18. The molecule has 1 aliphatic heterocycles. The molecule has 0 aliphatic carbocycles. The van der Waals surface area contributed by atoms with Gasteiger partial charge < -0.3 is 10.1 Å². The number of rotatable bonds is 2. The summed E-state index contributed by atoms with van der Waals surface area (Å²) >= 11 is 0. The van der Waals surface area contributed by atoms with Gasteiger partial charge in [0.2, 0.25) is 0 Å². The predicted octanol–water partition coefficient (Wildman–Crippen LogP) is 2.30. The zero-order valence-electron chi connectivity index (χ0n) is 8.97. The first-order valence-electron chi connectivity index (χ1n) is 5.13. The molecule has 76 valence electrons. The molecule has 0 aromatic carbocycles. The van der Waals surface area contributed by atoms with E-state index >= 15 is 0 Å². The van der Waals surface area contributed by atoms with Crippen LogP contribution in [-0.4, -0.2) is 18.9 Å². The summed E-state index contributed by atoms with van der Waals surface area (Å²) < 4.78 is 0. The van der Waals surface area contributed by atoms with E-state index in [2.05, 4.69) is 19.2 Å². The molecule has 0 spiro atoms. The Kier molecular flexibility index (Phi) is 7.60. The minimum Gasteiger partial charge on any atom is -0.304 e. The van der Waals surface area contributed by atoms with E-state index in [1.807, 2.05) is 13.0 Å². The summed E-state index contributed by atoms with van der Waals surface area (Å²) in [6.45, 7) is 7.28. The molecule has 0 aromatic rings. The van der Waals surface area contributed by atoms with E-state index in [1.54, 1.807) is 0 Å². The Bertz CT molecular complexity index is 161. The molecule has 0 bridgehead atoms. The molecule has 0 aromatic heterocycles. The standard InChI is InChI=1S/C7H11NO.C4H10/c1-2-6-3-4-8-7(6)5-9;1-3-4-2/h2,5,7-8H,3-4H2,1H3;3-4H2,1-2H3/b6-2-;. The molecule has 1 saturated heterocycles. The lowest BCUT2D eigenvalue weighted by atomic mass is 10.1. The lowest BCUT2D eigenvalue weighted by Gasteiger charge is -1.99. The number of hydrogen-bond acceptors (Lipinski definition) is 2. The largest absolute Gasteiger partial charge is 0.304 e. The van der Waals surface area contributed by atoms with Crippen LogP contribution in [0.25, 0.3) is 0 Å². The molecule has 1 atom stereocenters. The van der Waals surface area contributed by atoms with Crippen molar-refractivity contribution in [2.45, 2.75) is 46.1 Å². The van der Waals surface area contributed by atoms with Crippen LogP contribution in [0.4, 0.5) is 0 Å². The molecule has 1 rings (SSSR count). The maximum absolute atomic E-state index is 10.3. The highest BCUT2D eigenvalue weighted by Crippen LogP contribution is 2.11. The van der Waals surface area contributed by atoms with Crippen LogP contribution in [0.5, 0.6) is 0 Å². The number of aldehydes is 1. The van der Waals surface area contributed by atoms with Gasteiger partial charge in [-0.15, -0.1) is 0 Å². The summed E-state index contributed by atoms with van der Waals surface area (Å²) in [6, 6.07) is 0.00926. The van der Waals surface area contributed by atoms with Crippen molar-refractivity contribution in [1.29, 1.82) is 0 Å². The van der Waals surface area contributed by atoms with E-state index in [4.69, 9.17) is 0 Å². The van der Waals surface area contributed by atoms with Crippen LogP contribution < -0.4 is 5.32 Å². The predicted molar refractivity (Wildman–Crippen MR) is 56.8 cm³/mol. The first-order valence-corrected chi connectivity index (χ1v) is 5.13. The summed E-state index contributed by atoms with van der Waals surface area (Å²) in [4.78, 5) is 10.3. The van der Waals surface area contributed by atoms with Crippen LogP contribution >= 0.6 is 0 Å². The zero-order chi connectivity index (χ0) is 10.1. The van der Waals surface area contributed by atoms with Gasteiger partial charge in [-0.05, 0) is 25.5 Å². The average molecular weight is 183 g/mol. The second-order valence-corrected chi connectivity index (χ2v) is 3.18. The molecular weight excluding hydrogens is 162 g/mol. The van der Waals surface area contributed by atoms with Crippen molar-refractivity contribution in [3.63, 3.8) is 0 Å². The van der Waals surface area contributed by atoms with Gasteiger partial charge in [-0.25, -0.2) is 0 Å². The Balaban J connectivity index is 0.000000310. The number of unbranched alkanes of at least 4 members (excludes halogenated alkanes) is 1. The molecule has 2 nitrogen and oxygen atoms in total. The van der Waals surface area contributed by atoms with Gasteiger partial charge in [-0.2, -0.15) is 0 Å². The van der Waals surface area contributed by atoms with Crippen LogP contribution in [-0.2, 0) is 4.79 Å². The number of carbonyl (C=O) groups excluding carboxylic acids is 1. The quantitative estimate of drug-likeness (QED) is 0.525. The van der Waals surface area contributed by atoms with Crippen molar-refractivity contribution in [3.8, 4) is 0 Å². The highest BCUT2D eigenvalue weighted by molar-refractivity contribution is 5.64. The molecule has 0 amide bonds. The first kappa shape index (κ1) is 12.4. The van der Waals surface area contributed by atoms with Crippen molar-refractivity contribution in [3.05, 3.63) is 11.6 Å². The maximum atomic E-state index is 10.3. The minimum atomic E-state index is 0.00926. The third kappa shape index (κ3) is 4.83. The SMILES string of the molecule is C/C=C1/CCNC1C=O.CCCC. The number of carbonyl (C=O) groups is 1. The van der Waals surface area contributed by atoms with E-state index in [9.17, 15) is 4.79 Å². The van der Waals surface area contributed by atoms with E-state index in [-0.39, 0.29) is 6.04 Å². The number of hydrogen-bond donors (Lipinski definition) is 1. The van der Waals surface area contributed by atoms with Gasteiger partial charge in [-0.1, -0.05) is 32.8 Å². The molecule has 0 radical (unpaired) electrons. The second-order valence-electron chi connectivity index (χ2n) is 3.18. The minimum absolute atomic E-state index is 0.00926. The van der Waals surface area contributed by atoms with Crippen molar-refractivity contribution in [2.75, 3.05) is 6.54 Å². The Morgan fingerprint density at radius 3 is 2.38 bits per heavy atom. The van der Waals surface area contributed by atoms with Crippen molar-refractivity contribution in [2.24, 2.45) is 0 Å². The fraction of sp³-hybridized carbons (Fsp3) is 0.727. The monoisotopic (exact) mass is 183 g/mol. The molecule has 0 saturated carbocycles. The molecule has 1 aliphatic rings. The first-order chi connectivity index (χ1) is 6.29. The van der Waals surface area contributed by atoms with Gasteiger partial charge in [0.1, 0.15) is 6.29 Å². The van der Waals surface area contributed by atoms with E-state index in [0.717, 1.165) is 19.3 Å². The van der Waals surface area contributed by atoms with Gasteiger partial charge in [0.05, 0.1) is 6.04 Å². The number of nitrogens with one attached hydrogen (secondary N) is 1. The normalized spacial score (nSPS) is 23.9. The van der Waals surface area contributed by atoms with Crippen LogP contribution in [0.2, 0.25) is 0 Å². The summed E-state index contributed by atoms with van der Waals surface area (Å²) in [5, 5.41) is 3.07. The topological polar surface area (TPSA) is 29.1 Å². The molecule has 1 heterocycles. The van der Waals surface area contributed by atoms with E-state index in [0.29, 0.717) is 0 Å². The van der Waals surface area contributed by atoms with Gasteiger partial charge in [-0.3, -0.25) is 0 Å². The van der Waals surface area contributed by atoms with Crippen LogP contribution in [0.3, 0.4) is 0 Å². The molecule has 1 unspecified atom stereocenters. The summed E-state index contributed by atoms with van der Waals surface area (Å²) in [5.74, 6) is 0. The summed E-state index contributed by atoms with van der Waals surface area (Å²) in [6.07, 6.45) is 6.64.